The molecule has 1 saturated heterocycles. The summed E-state index contributed by atoms with van der Waals surface area (Å²) in [7, 11) is 0. The Kier molecular flexibility index (Phi) is 7.35. The van der Waals surface area contributed by atoms with Crippen LogP contribution in [-0.4, -0.2) is 56.9 Å². The monoisotopic (exact) mass is 552 g/mol. The van der Waals surface area contributed by atoms with E-state index in [4.69, 9.17) is 9.47 Å². The Balaban J connectivity index is 1.30. The summed E-state index contributed by atoms with van der Waals surface area (Å²) in [5.41, 5.74) is -0.856. The predicted octanol–water partition coefficient (Wildman–Crippen LogP) is 5.54. The molecule has 3 aromatic rings. The van der Waals surface area contributed by atoms with Crippen molar-refractivity contribution in [1.29, 1.82) is 0 Å². The highest BCUT2D eigenvalue weighted by atomic mass is 19.1. The largest absolute Gasteiger partial charge is 0.443 e. The summed E-state index contributed by atoms with van der Waals surface area (Å²) in [5.74, 6) is -0.652. The Labute approximate surface area is 230 Å². The lowest BCUT2D eigenvalue weighted by molar-refractivity contribution is 0.0136. The van der Waals surface area contributed by atoms with Gasteiger partial charge in [0.2, 0.25) is 0 Å². The molecule has 1 aromatic carbocycles. The first-order valence-corrected chi connectivity index (χ1v) is 13.1. The van der Waals surface area contributed by atoms with E-state index in [1.807, 2.05) is 0 Å². The number of hydrogen-bond donors (Lipinski definition) is 0. The van der Waals surface area contributed by atoms with Gasteiger partial charge in [-0.05, 0) is 88.8 Å². The Morgan fingerprint density at radius 2 is 1.82 bits per heavy atom. The molecule has 1 aliphatic carbocycles. The van der Waals surface area contributed by atoms with Gasteiger partial charge in [0.15, 0.2) is 11.6 Å². The molecule has 2 aromatic heterocycles. The number of carbonyl (C=O) groups excluding carboxylic acids is 2. The number of nitrogens with zero attached hydrogens (tertiary/aromatic N) is 6. The second kappa shape index (κ2) is 10.7. The van der Waals surface area contributed by atoms with Gasteiger partial charge < -0.3 is 9.47 Å². The van der Waals surface area contributed by atoms with Crippen LogP contribution in [0.3, 0.4) is 0 Å². The van der Waals surface area contributed by atoms with Crippen LogP contribution in [0.1, 0.15) is 46.5 Å². The number of hydrogen-bond acceptors (Lipinski definition) is 8. The molecule has 0 atom stereocenters. The van der Waals surface area contributed by atoms with Gasteiger partial charge in [0, 0.05) is 24.4 Å². The van der Waals surface area contributed by atoms with Gasteiger partial charge in [-0.1, -0.05) is 0 Å². The van der Waals surface area contributed by atoms with Crippen LogP contribution in [0, 0.1) is 17.6 Å². The molecule has 210 valence electrons. The zero-order chi connectivity index (χ0) is 28.5. The van der Waals surface area contributed by atoms with Gasteiger partial charge in [-0.25, -0.2) is 18.4 Å². The van der Waals surface area contributed by atoms with E-state index in [9.17, 15) is 18.4 Å². The minimum Gasteiger partial charge on any atom is -0.443 e. The molecule has 1 spiro atoms. The minimum atomic E-state index is -0.736. The van der Waals surface area contributed by atoms with Crippen LogP contribution < -0.4 is 9.80 Å². The molecule has 1 aliphatic heterocycles. The molecule has 2 fully saturated rings. The fourth-order valence-electron chi connectivity index (χ4n) is 5.05. The maximum absolute atomic E-state index is 13.7. The molecule has 5 rings (SSSR count). The van der Waals surface area contributed by atoms with Crippen molar-refractivity contribution in [2.24, 2.45) is 5.92 Å². The number of aromatic nitrogens is 4. The molecule has 12 heteroatoms. The van der Waals surface area contributed by atoms with Crippen molar-refractivity contribution >= 4 is 23.8 Å². The quantitative estimate of drug-likeness (QED) is 0.406. The normalized spacial score (nSPS) is 20.9. The Bertz CT molecular complexity index is 1360. The van der Waals surface area contributed by atoms with E-state index in [-0.39, 0.29) is 23.0 Å². The average molecular weight is 553 g/mol. The van der Waals surface area contributed by atoms with E-state index in [0.717, 1.165) is 18.2 Å². The van der Waals surface area contributed by atoms with Gasteiger partial charge in [0.25, 0.3) is 0 Å². The molecule has 40 heavy (non-hydrogen) atoms. The zero-order valence-electron chi connectivity index (χ0n) is 22.5. The first-order chi connectivity index (χ1) is 19.0. The number of anilines is 2. The van der Waals surface area contributed by atoms with Gasteiger partial charge in [0.05, 0.1) is 12.2 Å². The van der Waals surface area contributed by atoms with Crippen molar-refractivity contribution in [2.45, 2.75) is 57.7 Å². The Morgan fingerprint density at radius 3 is 2.42 bits per heavy atom. The van der Waals surface area contributed by atoms with Crippen LogP contribution >= 0.6 is 0 Å². The van der Waals surface area contributed by atoms with Crippen LogP contribution in [0.25, 0.3) is 11.3 Å². The number of rotatable bonds is 5. The minimum absolute atomic E-state index is 0.0844. The van der Waals surface area contributed by atoms with E-state index in [2.05, 4.69) is 20.4 Å². The topological polar surface area (TPSA) is 111 Å². The van der Waals surface area contributed by atoms with Crippen molar-refractivity contribution in [3.05, 3.63) is 60.3 Å². The second-order valence-corrected chi connectivity index (χ2v) is 11.2. The van der Waals surface area contributed by atoms with Crippen molar-refractivity contribution in [1.82, 2.24) is 20.4 Å². The standard InChI is InChI=1S/C28H30F2N6O4/c1-27(2,3)39-25(37)35(24-7-6-22(32-34-24)19-13-20(29)15-21(30)14-19)16-18-8-10-28(11-9-18)17-36(26(38)40-28)23-5-4-12-31-33-23/h4-7,12-15,18H,8-11,16-17H2,1-3H3. The highest BCUT2D eigenvalue weighted by molar-refractivity contribution is 5.89. The molecular formula is C28H30F2N6O4. The van der Waals surface area contributed by atoms with Crippen molar-refractivity contribution in [3.8, 4) is 11.3 Å². The molecular weight excluding hydrogens is 522 g/mol. The summed E-state index contributed by atoms with van der Waals surface area (Å²) in [6.45, 7) is 6.03. The number of benzene rings is 1. The summed E-state index contributed by atoms with van der Waals surface area (Å²) in [6, 6.07) is 9.68. The molecule has 2 amide bonds. The Hall–Kier alpha value is -4.22. The number of carbonyl (C=O) groups is 2. The van der Waals surface area contributed by atoms with E-state index in [1.165, 1.54) is 9.80 Å². The van der Waals surface area contributed by atoms with Gasteiger partial charge in [-0.15, -0.1) is 15.3 Å². The maximum atomic E-state index is 13.7. The van der Waals surface area contributed by atoms with Crippen molar-refractivity contribution < 1.29 is 27.8 Å². The summed E-state index contributed by atoms with van der Waals surface area (Å²) in [5, 5.41) is 16.2. The first-order valence-electron chi connectivity index (χ1n) is 13.1. The smallest absolute Gasteiger partial charge is 0.416 e. The molecule has 2 aliphatic rings. The third-order valence-electron chi connectivity index (χ3n) is 6.96. The number of amides is 2. The summed E-state index contributed by atoms with van der Waals surface area (Å²) < 4.78 is 38.8. The van der Waals surface area contributed by atoms with E-state index >= 15 is 0 Å². The van der Waals surface area contributed by atoms with Crippen LogP contribution in [0.15, 0.2) is 48.7 Å². The zero-order valence-corrected chi connectivity index (χ0v) is 22.5. The first kappa shape index (κ1) is 27.4. The molecule has 0 N–H and O–H groups in total. The van der Waals surface area contributed by atoms with Gasteiger partial charge in [-0.3, -0.25) is 9.80 Å². The summed E-state index contributed by atoms with van der Waals surface area (Å²) in [6.07, 6.45) is 3.18. The average Bonchev–Trinajstić information content (AvgIpc) is 3.23. The fourth-order valence-corrected chi connectivity index (χ4v) is 5.05. The molecule has 1 saturated carbocycles. The van der Waals surface area contributed by atoms with Crippen LogP contribution in [0.5, 0.6) is 0 Å². The third kappa shape index (κ3) is 6.16. The van der Waals surface area contributed by atoms with Gasteiger partial charge in [-0.2, -0.15) is 5.10 Å². The lowest BCUT2D eigenvalue weighted by Crippen LogP contribution is -2.44. The van der Waals surface area contributed by atoms with E-state index < -0.39 is 35.0 Å². The fraction of sp³-hybridized carbons (Fsp3) is 0.429. The number of halogens is 2. The molecule has 10 nitrogen and oxygen atoms in total. The Morgan fingerprint density at radius 1 is 1.10 bits per heavy atom. The molecule has 0 unspecified atom stereocenters. The van der Waals surface area contributed by atoms with E-state index in [0.29, 0.717) is 44.6 Å². The lowest BCUT2D eigenvalue weighted by atomic mass is 9.78. The third-order valence-corrected chi connectivity index (χ3v) is 6.96. The van der Waals surface area contributed by atoms with Crippen LogP contribution in [-0.2, 0) is 9.47 Å². The van der Waals surface area contributed by atoms with Crippen LogP contribution in [0.4, 0.5) is 30.0 Å². The SMILES string of the molecule is CC(C)(C)OC(=O)N(CC1CCC2(CC1)CN(c1cccnn1)C(=O)O2)c1ccc(-c2cc(F)cc(F)c2)nn1. The van der Waals surface area contributed by atoms with Gasteiger partial charge in [0.1, 0.15) is 22.8 Å². The summed E-state index contributed by atoms with van der Waals surface area (Å²) >= 11 is 0. The lowest BCUT2D eigenvalue weighted by Gasteiger charge is -2.37. The highest BCUT2D eigenvalue weighted by Gasteiger charge is 2.48. The van der Waals surface area contributed by atoms with Gasteiger partial charge >= 0.3 is 12.2 Å². The van der Waals surface area contributed by atoms with Crippen molar-refractivity contribution in [3.63, 3.8) is 0 Å². The van der Waals surface area contributed by atoms with Crippen LogP contribution in [0.2, 0.25) is 0 Å². The predicted molar refractivity (Wildman–Crippen MR) is 142 cm³/mol. The molecule has 3 heterocycles. The second-order valence-electron chi connectivity index (χ2n) is 11.2. The highest BCUT2D eigenvalue weighted by Crippen LogP contribution is 2.41. The molecule has 0 bridgehead atoms. The maximum Gasteiger partial charge on any atom is 0.416 e. The van der Waals surface area contributed by atoms with Crippen molar-refractivity contribution in [2.75, 3.05) is 22.9 Å². The molecule has 0 radical (unpaired) electrons. The summed E-state index contributed by atoms with van der Waals surface area (Å²) in [4.78, 5) is 28.7. The van der Waals surface area contributed by atoms with E-state index in [1.54, 1.807) is 51.2 Å². The number of ether oxygens (including phenoxy) is 2.